The summed E-state index contributed by atoms with van der Waals surface area (Å²) in [5.74, 6) is -6.46. The van der Waals surface area contributed by atoms with Gasteiger partial charge in [-0.25, -0.2) is 0 Å². The molecule has 9 amide bonds. The van der Waals surface area contributed by atoms with Crippen LogP contribution in [0.5, 0.6) is 0 Å². The van der Waals surface area contributed by atoms with Crippen molar-refractivity contribution in [2.45, 2.75) is 117 Å². The SMILES string of the molecule is CC[C@H](C)[C@H](NC(=O)[C@@H]1CCCN1C(=O)CNC(=O)[C@H](C)NC(=O)[C@H](CCC(N)=O)NC(=O)[C@@H](NC(C)=O)C(C)C)C(=O)N[C@@H](C)C(N)=O. The summed E-state index contributed by atoms with van der Waals surface area (Å²) in [6, 6.07) is -6.26. The monoisotopic (exact) mass is 695 g/mol. The van der Waals surface area contributed by atoms with Crippen LogP contribution >= 0.6 is 0 Å². The number of rotatable bonds is 19. The van der Waals surface area contributed by atoms with Gasteiger partial charge in [-0.1, -0.05) is 34.1 Å². The van der Waals surface area contributed by atoms with Crippen molar-refractivity contribution in [1.29, 1.82) is 0 Å². The van der Waals surface area contributed by atoms with Crippen LogP contribution in [0.4, 0.5) is 0 Å². The molecule has 0 aromatic carbocycles. The van der Waals surface area contributed by atoms with Crippen LogP contribution in [0.3, 0.4) is 0 Å². The fraction of sp³-hybridized carbons (Fsp3) is 0.710. The summed E-state index contributed by atoms with van der Waals surface area (Å²) in [6.45, 7) is 10.7. The van der Waals surface area contributed by atoms with Crippen molar-refractivity contribution in [3.63, 3.8) is 0 Å². The summed E-state index contributed by atoms with van der Waals surface area (Å²) in [5.41, 5.74) is 10.5. The largest absolute Gasteiger partial charge is 0.370 e. The molecule has 1 fully saturated rings. The highest BCUT2D eigenvalue weighted by molar-refractivity contribution is 5.97. The van der Waals surface area contributed by atoms with Gasteiger partial charge in [-0.15, -0.1) is 0 Å². The molecule has 0 spiro atoms. The third kappa shape index (κ3) is 13.7. The van der Waals surface area contributed by atoms with Crippen LogP contribution in [0, 0.1) is 11.8 Å². The minimum absolute atomic E-state index is 0.174. The van der Waals surface area contributed by atoms with Crippen molar-refractivity contribution in [2.24, 2.45) is 23.3 Å². The van der Waals surface area contributed by atoms with E-state index in [0.29, 0.717) is 19.3 Å². The zero-order valence-corrected chi connectivity index (χ0v) is 29.3. The van der Waals surface area contributed by atoms with E-state index in [1.807, 2.05) is 6.92 Å². The number of hydrogen-bond acceptors (Lipinski definition) is 9. The van der Waals surface area contributed by atoms with Gasteiger partial charge in [0.2, 0.25) is 53.2 Å². The average Bonchev–Trinajstić information content (AvgIpc) is 3.52. The van der Waals surface area contributed by atoms with Crippen LogP contribution in [0.15, 0.2) is 0 Å². The highest BCUT2D eigenvalue weighted by Crippen LogP contribution is 2.19. The molecule has 1 heterocycles. The Kier molecular flexibility index (Phi) is 17.2. The topological polar surface area (TPSA) is 281 Å². The highest BCUT2D eigenvalue weighted by Gasteiger charge is 2.37. The maximum atomic E-state index is 13.3. The first-order valence-electron chi connectivity index (χ1n) is 16.4. The fourth-order valence-electron chi connectivity index (χ4n) is 5.03. The number of likely N-dealkylation sites (tertiary alicyclic amines) is 1. The second kappa shape index (κ2) is 19.9. The van der Waals surface area contributed by atoms with Gasteiger partial charge in [0.15, 0.2) is 0 Å². The summed E-state index contributed by atoms with van der Waals surface area (Å²) in [4.78, 5) is 114. The molecule has 276 valence electrons. The van der Waals surface area contributed by atoms with E-state index in [0.717, 1.165) is 0 Å². The number of hydrogen-bond donors (Lipinski definition) is 8. The standard InChI is InChI=1S/C31H53N9O9/c1-8-16(4)25(31(49)35-17(5)26(33)44)39-29(47)21-10-9-13-40(21)23(43)14-34-27(45)18(6)36-28(46)20(11-12-22(32)42)38-30(48)24(15(2)3)37-19(7)41/h15-18,20-21,24-25H,8-14H2,1-7H3,(H2,32,42)(H2,33,44)(H,34,45)(H,35,49)(H,36,46)(H,37,41)(H,38,48)(H,39,47)/t16-,17-,18-,20-,21-,24-,25-/m0/s1. The van der Waals surface area contributed by atoms with E-state index in [1.54, 1.807) is 20.8 Å². The molecule has 7 atom stereocenters. The normalized spacial score (nSPS) is 17.7. The molecular weight excluding hydrogens is 642 g/mol. The molecule has 0 radical (unpaired) electrons. The first-order chi connectivity index (χ1) is 22.8. The summed E-state index contributed by atoms with van der Waals surface area (Å²) < 4.78 is 0. The lowest BCUT2D eigenvalue weighted by molar-refractivity contribution is -0.140. The number of nitrogens with two attached hydrogens (primary N) is 2. The fourth-order valence-corrected chi connectivity index (χ4v) is 5.03. The van der Waals surface area contributed by atoms with Crippen molar-refractivity contribution >= 4 is 53.2 Å². The predicted molar refractivity (Wildman–Crippen MR) is 176 cm³/mol. The molecule has 1 rings (SSSR count). The van der Waals surface area contributed by atoms with Gasteiger partial charge in [0, 0.05) is 19.9 Å². The molecule has 0 aliphatic carbocycles. The van der Waals surface area contributed by atoms with E-state index < -0.39 is 96.0 Å². The van der Waals surface area contributed by atoms with E-state index in [9.17, 15) is 43.2 Å². The van der Waals surface area contributed by atoms with Crippen LogP contribution in [0.1, 0.15) is 80.6 Å². The van der Waals surface area contributed by atoms with E-state index in [1.165, 1.54) is 25.7 Å². The van der Waals surface area contributed by atoms with Gasteiger partial charge in [0.05, 0.1) is 6.54 Å². The first kappa shape index (κ1) is 42.3. The van der Waals surface area contributed by atoms with Crippen molar-refractivity contribution in [3.05, 3.63) is 0 Å². The zero-order chi connectivity index (χ0) is 37.6. The molecular formula is C31H53N9O9. The van der Waals surface area contributed by atoms with Gasteiger partial charge in [-0.3, -0.25) is 43.2 Å². The molecule has 0 unspecified atom stereocenters. The van der Waals surface area contributed by atoms with E-state index in [4.69, 9.17) is 11.5 Å². The van der Waals surface area contributed by atoms with E-state index in [2.05, 4.69) is 31.9 Å². The Morgan fingerprint density at radius 2 is 1.35 bits per heavy atom. The van der Waals surface area contributed by atoms with Gasteiger partial charge in [-0.05, 0) is 44.9 Å². The Morgan fingerprint density at radius 1 is 0.755 bits per heavy atom. The Balaban J connectivity index is 2.88. The Hall–Kier alpha value is -4.77. The minimum Gasteiger partial charge on any atom is -0.370 e. The van der Waals surface area contributed by atoms with Crippen LogP contribution < -0.4 is 43.4 Å². The lowest BCUT2D eigenvalue weighted by Gasteiger charge is -2.29. The maximum absolute atomic E-state index is 13.3. The molecule has 18 heteroatoms. The summed E-state index contributed by atoms with van der Waals surface area (Å²) >= 11 is 0. The third-order valence-electron chi connectivity index (χ3n) is 8.24. The smallest absolute Gasteiger partial charge is 0.243 e. The van der Waals surface area contributed by atoms with Crippen LogP contribution in [-0.4, -0.2) is 107 Å². The van der Waals surface area contributed by atoms with Gasteiger partial charge >= 0.3 is 0 Å². The molecule has 0 saturated carbocycles. The second-order valence-electron chi connectivity index (χ2n) is 12.7. The minimum atomic E-state index is -1.27. The zero-order valence-electron chi connectivity index (χ0n) is 29.3. The number of nitrogens with one attached hydrogen (secondary N) is 6. The lowest BCUT2D eigenvalue weighted by Crippen LogP contribution is -2.58. The van der Waals surface area contributed by atoms with Crippen molar-refractivity contribution < 1.29 is 43.2 Å². The molecule has 0 aromatic rings. The van der Waals surface area contributed by atoms with E-state index in [-0.39, 0.29) is 31.2 Å². The number of nitrogens with zero attached hydrogens (tertiary/aromatic N) is 1. The van der Waals surface area contributed by atoms with E-state index >= 15 is 0 Å². The summed E-state index contributed by atoms with van der Waals surface area (Å²) in [6.07, 6.45) is 0.932. The molecule has 1 aliphatic rings. The van der Waals surface area contributed by atoms with Crippen LogP contribution in [0.2, 0.25) is 0 Å². The Bertz CT molecular complexity index is 1260. The highest BCUT2D eigenvalue weighted by atomic mass is 16.2. The van der Waals surface area contributed by atoms with Gasteiger partial charge < -0.3 is 48.3 Å². The third-order valence-corrected chi connectivity index (χ3v) is 8.24. The molecule has 49 heavy (non-hydrogen) atoms. The quantitative estimate of drug-likeness (QED) is 0.0684. The molecule has 0 aromatic heterocycles. The molecule has 10 N–H and O–H groups in total. The predicted octanol–water partition coefficient (Wildman–Crippen LogP) is -2.97. The molecule has 1 aliphatic heterocycles. The van der Waals surface area contributed by atoms with Crippen molar-refractivity contribution in [1.82, 2.24) is 36.8 Å². The maximum Gasteiger partial charge on any atom is 0.243 e. The number of primary amides is 2. The Morgan fingerprint density at radius 3 is 1.88 bits per heavy atom. The lowest BCUT2D eigenvalue weighted by atomic mass is 9.97. The van der Waals surface area contributed by atoms with Crippen molar-refractivity contribution in [2.75, 3.05) is 13.1 Å². The molecule has 18 nitrogen and oxygen atoms in total. The van der Waals surface area contributed by atoms with Crippen LogP contribution in [-0.2, 0) is 43.2 Å². The number of carbonyl (C=O) groups excluding carboxylic acids is 9. The average molecular weight is 696 g/mol. The summed E-state index contributed by atoms with van der Waals surface area (Å²) in [5, 5.41) is 15.1. The molecule has 1 saturated heterocycles. The van der Waals surface area contributed by atoms with Gasteiger partial charge in [-0.2, -0.15) is 0 Å². The van der Waals surface area contributed by atoms with Crippen LogP contribution in [0.25, 0.3) is 0 Å². The first-order valence-corrected chi connectivity index (χ1v) is 16.4. The van der Waals surface area contributed by atoms with Gasteiger partial charge in [0.25, 0.3) is 0 Å². The second-order valence-corrected chi connectivity index (χ2v) is 12.7. The van der Waals surface area contributed by atoms with Crippen molar-refractivity contribution in [3.8, 4) is 0 Å². The van der Waals surface area contributed by atoms with Gasteiger partial charge in [0.1, 0.15) is 36.3 Å². The summed E-state index contributed by atoms with van der Waals surface area (Å²) in [7, 11) is 0. The molecule has 0 bridgehead atoms. The number of carbonyl (C=O) groups is 9. The number of amides is 9. The Labute approximate surface area is 286 Å².